The second-order valence-corrected chi connectivity index (χ2v) is 5.75. The first kappa shape index (κ1) is 14.9. The number of nitrogens with one attached hydrogen (secondary N) is 1. The van der Waals surface area contributed by atoms with Crippen molar-refractivity contribution in [1.29, 1.82) is 0 Å². The Balaban J connectivity index is 1.64. The van der Waals surface area contributed by atoms with Crippen LogP contribution in [0.1, 0.15) is 31.2 Å². The van der Waals surface area contributed by atoms with E-state index in [2.05, 4.69) is 5.32 Å². The quantitative estimate of drug-likeness (QED) is 0.749. The summed E-state index contributed by atoms with van der Waals surface area (Å²) in [7, 11) is 0. The van der Waals surface area contributed by atoms with Crippen molar-refractivity contribution in [2.45, 2.75) is 32.6 Å². The Morgan fingerprint density at radius 2 is 2.25 bits per heavy atom. The van der Waals surface area contributed by atoms with Gasteiger partial charge in [0.2, 0.25) is 5.91 Å². The highest BCUT2D eigenvalue weighted by Gasteiger charge is 2.37. The highest BCUT2D eigenvalue weighted by atomic mass is 16.5. The van der Waals surface area contributed by atoms with Crippen LogP contribution in [0.2, 0.25) is 0 Å². The number of hydrogen-bond acceptors (Lipinski definition) is 3. The Morgan fingerprint density at radius 1 is 1.45 bits per heavy atom. The second kappa shape index (κ2) is 6.75. The summed E-state index contributed by atoms with van der Waals surface area (Å²) in [6, 6.07) is 7.90. The summed E-state index contributed by atoms with van der Waals surface area (Å²) in [4.78, 5) is 11.9. The molecule has 4 heteroatoms. The van der Waals surface area contributed by atoms with Gasteiger partial charge < -0.3 is 15.8 Å². The summed E-state index contributed by atoms with van der Waals surface area (Å²) in [5.74, 6) is 0.930. The molecule has 1 aromatic carbocycles. The normalized spacial score (nSPS) is 16.3. The van der Waals surface area contributed by atoms with Crippen LogP contribution >= 0.6 is 0 Å². The number of amides is 1. The molecule has 0 saturated heterocycles. The highest BCUT2D eigenvalue weighted by molar-refractivity contribution is 5.76. The van der Waals surface area contributed by atoms with E-state index in [4.69, 9.17) is 10.5 Å². The lowest BCUT2D eigenvalue weighted by molar-refractivity contribution is -0.124. The van der Waals surface area contributed by atoms with E-state index in [1.807, 2.05) is 31.2 Å². The third-order valence-electron chi connectivity index (χ3n) is 4.07. The molecule has 0 radical (unpaired) electrons. The molecule has 4 nitrogen and oxygen atoms in total. The maximum Gasteiger partial charge on any atom is 0.220 e. The van der Waals surface area contributed by atoms with Gasteiger partial charge in [-0.25, -0.2) is 0 Å². The van der Waals surface area contributed by atoms with E-state index in [0.29, 0.717) is 26.1 Å². The van der Waals surface area contributed by atoms with Crippen molar-refractivity contribution in [3.63, 3.8) is 0 Å². The Labute approximate surface area is 120 Å². The van der Waals surface area contributed by atoms with Gasteiger partial charge in [-0.3, -0.25) is 4.79 Å². The van der Waals surface area contributed by atoms with Crippen molar-refractivity contribution in [2.24, 2.45) is 11.1 Å². The second-order valence-electron chi connectivity index (χ2n) is 5.75. The van der Waals surface area contributed by atoms with Crippen molar-refractivity contribution in [3.8, 4) is 5.75 Å². The molecule has 0 unspecified atom stereocenters. The number of carbonyl (C=O) groups excluding carboxylic acids is 1. The summed E-state index contributed by atoms with van der Waals surface area (Å²) >= 11 is 0. The fourth-order valence-corrected chi connectivity index (χ4v) is 2.60. The fraction of sp³-hybridized carbons (Fsp3) is 0.562. The number of carbonyl (C=O) groups is 1. The lowest BCUT2D eigenvalue weighted by Crippen LogP contribution is -2.42. The number of aryl methyl sites for hydroxylation is 1. The highest BCUT2D eigenvalue weighted by Crippen LogP contribution is 2.42. The van der Waals surface area contributed by atoms with E-state index in [0.717, 1.165) is 18.6 Å². The van der Waals surface area contributed by atoms with E-state index in [1.54, 1.807) is 0 Å². The van der Waals surface area contributed by atoms with Crippen LogP contribution in [0.4, 0.5) is 0 Å². The molecular formula is C16H24N2O2. The zero-order valence-corrected chi connectivity index (χ0v) is 12.2. The van der Waals surface area contributed by atoms with Gasteiger partial charge in [0.1, 0.15) is 12.4 Å². The molecule has 0 aliphatic heterocycles. The maximum atomic E-state index is 11.9. The van der Waals surface area contributed by atoms with Gasteiger partial charge in [-0.1, -0.05) is 18.6 Å². The van der Waals surface area contributed by atoms with Gasteiger partial charge in [0.05, 0.1) is 6.54 Å². The molecule has 0 bridgehead atoms. The molecule has 1 fully saturated rings. The fourth-order valence-electron chi connectivity index (χ4n) is 2.60. The molecule has 1 aliphatic rings. The summed E-state index contributed by atoms with van der Waals surface area (Å²) in [6.07, 6.45) is 3.91. The van der Waals surface area contributed by atoms with Crippen LogP contribution in [-0.4, -0.2) is 25.6 Å². The number of nitrogens with two attached hydrogens (primary N) is 1. The average Bonchev–Trinajstić information content (AvgIpc) is 2.39. The lowest BCUT2D eigenvalue weighted by Gasteiger charge is -2.40. The van der Waals surface area contributed by atoms with Gasteiger partial charge >= 0.3 is 0 Å². The predicted molar refractivity (Wildman–Crippen MR) is 79.6 cm³/mol. The molecule has 1 saturated carbocycles. The molecule has 0 spiro atoms. The summed E-state index contributed by atoms with van der Waals surface area (Å²) < 4.78 is 5.59. The van der Waals surface area contributed by atoms with Gasteiger partial charge in [-0.15, -0.1) is 0 Å². The summed E-state index contributed by atoms with van der Waals surface area (Å²) in [5.41, 5.74) is 7.00. The maximum absolute atomic E-state index is 11.9. The topological polar surface area (TPSA) is 64.3 Å². The summed E-state index contributed by atoms with van der Waals surface area (Å²) in [5, 5.41) is 2.91. The smallest absolute Gasteiger partial charge is 0.220 e. The monoisotopic (exact) mass is 276 g/mol. The molecule has 1 aliphatic carbocycles. The van der Waals surface area contributed by atoms with Gasteiger partial charge in [-0.2, -0.15) is 0 Å². The summed E-state index contributed by atoms with van der Waals surface area (Å²) in [6.45, 7) is 3.66. The van der Waals surface area contributed by atoms with E-state index >= 15 is 0 Å². The van der Waals surface area contributed by atoms with Crippen LogP contribution < -0.4 is 15.8 Å². The van der Waals surface area contributed by atoms with Crippen molar-refractivity contribution < 1.29 is 9.53 Å². The predicted octanol–water partition coefficient (Wildman–Crippen LogP) is 2.01. The molecule has 0 atom stereocenters. The number of ether oxygens (including phenoxy) is 1. The van der Waals surface area contributed by atoms with Crippen LogP contribution in [0.5, 0.6) is 5.75 Å². The van der Waals surface area contributed by atoms with E-state index < -0.39 is 0 Å². The van der Waals surface area contributed by atoms with Crippen LogP contribution in [0.15, 0.2) is 24.3 Å². The van der Waals surface area contributed by atoms with Crippen LogP contribution in [-0.2, 0) is 4.79 Å². The molecule has 110 valence electrons. The first-order chi connectivity index (χ1) is 9.63. The van der Waals surface area contributed by atoms with E-state index in [1.165, 1.54) is 12.0 Å². The Morgan fingerprint density at radius 3 is 2.85 bits per heavy atom. The molecule has 3 N–H and O–H groups in total. The van der Waals surface area contributed by atoms with Gasteiger partial charge in [-0.05, 0) is 49.4 Å². The molecular weight excluding hydrogens is 252 g/mol. The minimum absolute atomic E-state index is 0.0709. The van der Waals surface area contributed by atoms with Crippen molar-refractivity contribution >= 4 is 5.91 Å². The Hall–Kier alpha value is -1.55. The van der Waals surface area contributed by atoms with Crippen molar-refractivity contribution in [1.82, 2.24) is 5.32 Å². The minimum Gasteiger partial charge on any atom is -0.492 e. The minimum atomic E-state index is 0.0709. The molecule has 0 heterocycles. The zero-order chi connectivity index (χ0) is 14.4. The van der Waals surface area contributed by atoms with E-state index in [-0.39, 0.29) is 11.3 Å². The van der Waals surface area contributed by atoms with Gasteiger partial charge in [0.15, 0.2) is 0 Å². The molecule has 2 rings (SSSR count). The van der Waals surface area contributed by atoms with Crippen LogP contribution in [0, 0.1) is 12.3 Å². The third-order valence-corrected chi connectivity index (χ3v) is 4.07. The number of rotatable bonds is 7. The van der Waals surface area contributed by atoms with Crippen molar-refractivity contribution in [2.75, 3.05) is 19.7 Å². The molecule has 1 aromatic rings. The largest absolute Gasteiger partial charge is 0.492 e. The van der Waals surface area contributed by atoms with E-state index in [9.17, 15) is 4.79 Å². The lowest BCUT2D eigenvalue weighted by atomic mass is 9.66. The first-order valence-corrected chi connectivity index (χ1v) is 7.30. The SMILES string of the molecule is Cc1cccc(OCCNC(=O)CC2(CN)CCC2)c1. The Kier molecular flexibility index (Phi) is 5.01. The molecule has 20 heavy (non-hydrogen) atoms. The number of hydrogen-bond donors (Lipinski definition) is 2. The van der Waals surface area contributed by atoms with Crippen molar-refractivity contribution in [3.05, 3.63) is 29.8 Å². The van der Waals surface area contributed by atoms with Gasteiger partial charge in [0, 0.05) is 6.42 Å². The van der Waals surface area contributed by atoms with Gasteiger partial charge in [0.25, 0.3) is 0 Å². The standard InChI is InChI=1S/C16H24N2O2/c1-13-4-2-5-14(10-13)20-9-8-18-15(19)11-16(12-17)6-3-7-16/h2,4-5,10H,3,6-9,11-12,17H2,1H3,(H,18,19). The van der Waals surface area contributed by atoms with Crippen LogP contribution in [0.25, 0.3) is 0 Å². The van der Waals surface area contributed by atoms with Crippen LogP contribution in [0.3, 0.4) is 0 Å². The molecule has 1 amide bonds. The first-order valence-electron chi connectivity index (χ1n) is 7.30. The zero-order valence-electron chi connectivity index (χ0n) is 12.2. The average molecular weight is 276 g/mol. The number of benzene rings is 1. The molecule has 0 aromatic heterocycles. The third kappa shape index (κ3) is 3.97. The Bertz CT molecular complexity index is 450.